The average molecular weight is 276 g/mol. The molecule has 0 fully saturated rings. The summed E-state index contributed by atoms with van der Waals surface area (Å²) in [6.07, 6.45) is 0. The van der Waals surface area contributed by atoms with Crippen molar-refractivity contribution in [2.75, 3.05) is 0 Å². The van der Waals surface area contributed by atoms with Gasteiger partial charge in [-0.05, 0) is 35.4 Å². The van der Waals surface area contributed by atoms with Gasteiger partial charge in [0.25, 0.3) is 0 Å². The summed E-state index contributed by atoms with van der Waals surface area (Å²) in [5.74, 6) is 0.929. The zero-order valence-electron chi connectivity index (χ0n) is 10.9. The molecule has 2 rings (SSSR count). The molecule has 1 atom stereocenters. The number of phenols is 1. The number of aromatic hydroxyl groups is 1. The van der Waals surface area contributed by atoms with E-state index in [-0.39, 0.29) is 11.2 Å². The molecule has 0 bridgehead atoms. The van der Waals surface area contributed by atoms with Crippen LogP contribution in [0.1, 0.15) is 25.0 Å². The minimum absolute atomic E-state index is 0.159. The maximum atomic E-state index is 9.35. The smallest absolute Gasteiger partial charge is 0.212 e. The van der Waals surface area contributed by atoms with Crippen LogP contribution in [0.15, 0.2) is 48.5 Å². The zero-order chi connectivity index (χ0) is 13.9. The zero-order valence-corrected chi connectivity index (χ0v) is 11.9. The highest BCUT2D eigenvalue weighted by Gasteiger charge is 2.22. The Morgan fingerprint density at radius 3 is 1.84 bits per heavy atom. The van der Waals surface area contributed by atoms with Gasteiger partial charge in [-0.1, -0.05) is 38.1 Å². The summed E-state index contributed by atoms with van der Waals surface area (Å²) in [4.78, 5) is 8.73. The topological polar surface area (TPSA) is 49.7 Å². The Labute approximate surface area is 114 Å². The SMILES string of the molecule is CC(C)(c1ccc(O)cc1)c1ccc(OPO)cc1. The van der Waals surface area contributed by atoms with E-state index in [0.29, 0.717) is 5.75 Å². The van der Waals surface area contributed by atoms with Crippen LogP contribution in [0.2, 0.25) is 0 Å². The summed E-state index contributed by atoms with van der Waals surface area (Å²) in [5, 5.41) is 9.35. The van der Waals surface area contributed by atoms with Crippen molar-refractivity contribution < 1.29 is 14.5 Å². The normalized spacial score (nSPS) is 11.9. The van der Waals surface area contributed by atoms with E-state index in [1.807, 2.05) is 36.4 Å². The summed E-state index contributed by atoms with van der Waals surface area (Å²) >= 11 is 0. The lowest BCUT2D eigenvalue weighted by Crippen LogP contribution is -2.18. The van der Waals surface area contributed by atoms with Gasteiger partial charge in [-0.2, -0.15) is 0 Å². The van der Waals surface area contributed by atoms with E-state index >= 15 is 0 Å². The van der Waals surface area contributed by atoms with Gasteiger partial charge >= 0.3 is 0 Å². The first kappa shape index (κ1) is 13.9. The molecular formula is C15H17O3P. The van der Waals surface area contributed by atoms with Gasteiger partial charge in [0.1, 0.15) is 11.5 Å². The first-order valence-corrected chi connectivity index (χ1v) is 6.85. The molecule has 19 heavy (non-hydrogen) atoms. The summed E-state index contributed by atoms with van der Waals surface area (Å²) in [7, 11) is -0.538. The van der Waals surface area contributed by atoms with Crippen LogP contribution in [0.4, 0.5) is 0 Å². The molecule has 3 nitrogen and oxygen atoms in total. The first-order chi connectivity index (χ1) is 9.04. The molecule has 0 aromatic heterocycles. The van der Waals surface area contributed by atoms with Crippen molar-refractivity contribution in [3.8, 4) is 11.5 Å². The minimum Gasteiger partial charge on any atom is -0.508 e. The second kappa shape index (κ2) is 5.60. The Morgan fingerprint density at radius 2 is 1.37 bits per heavy atom. The van der Waals surface area contributed by atoms with Crippen molar-refractivity contribution in [2.24, 2.45) is 0 Å². The van der Waals surface area contributed by atoms with Crippen LogP contribution in [0.3, 0.4) is 0 Å². The summed E-state index contributed by atoms with van der Waals surface area (Å²) in [5.41, 5.74) is 2.11. The molecule has 0 aliphatic rings. The number of hydrogen-bond donors (Lipinski definition) is 2. The van der Waals surface area contributed by atoms with E-state index in [0.717, 1.165) is 11.1 Å². The van der Waals surface area contributed by atoms with Gasteiger partial charge in [-0.3, -0.25) is 0 Å². The van der Waals surface area contributed by atoms with E-state index < -0.39 is 9.03 Å². The number of benzene rings is 2. The molecule has 2 N–H and O–H groups in total. The fourth-order valence-corrected chi connectivity index (χ4v) is 2.28. The molecule has 0 aliphatic carbocycles. The second-order valence-corrected chi connectivity index (χ2v) is 5.28. The molecule has 0 heterocycles. The molecule has 2 aromatic carbocycles. The monoisotopic (exact) mass is 276 g/mol. The quantitative estimate of drug-likeness (QED) is 0.839. The lowest BCUT2D eigenvalue weighted by molar-refractivity contribution is 0.474. The number of hydrogen-bond acceptors (Lipinski definition) is 3. The molecule has 1 unspecified atom stereocenters. The molecule has 0 saturated carbocycles. The van der Waals surface area contributed by atoms with Gasteiger partial charge in [0.15, 0.2) is 0 Å². The molecule has 100 valence electrons. The molecule has 0 amide bonds. The van der Waals surface area contributed by atoms with Crippen LogP contribution in [0.25, 0.3) is 0 Å². The third-order valence-electron chi connectivity index (χ3n) is 3.33. The fourth-order valence-electron chi connectivity index (χ4n) is 2.04. The summed E-state index contributed by atoms with van der Waals surface area (Å²) < 4.78 is 5.05. The standard InChI is InChI=1S/C15H17O3P/c1-15(2,11-3-7-13(16)8-4-11)12-5-9-14(10-6-12)18-19-17/h3-10,16-17,19H,1-2H3. The van der Waals surface area contributed by atoms with E-state index in [2.05, 4.69) is 13.8 Å². The van der Waals surface area contributed by atoms with Crippen LogP contribution in [0.5, 0.6) is 11.5 Å². The number of rotatable bonds is 4. The van der Waals surface area contributed by atoms with Gasteiger partial charge in [-0.25, -0.2) is 0 Å². The van der Waals surface area contributed by atoms with Crippen molar-refractivity contribution in [1.82, 2.24) is 0 Å². The molecule has 0 spiro atoms. The van der Waals surface area contributed by atoms with Crippen molar-refractivity contribution in [1.29, 1.82) is 0 Å². The summed E-state index contributed by atoms with van der Waals surface area (Å²) in [6, 6.07) is 14.9. The van der Waals surface area contributed by atoms with Crippen molar-refractivity contribution in [2.45, 2.75) is 19.3 Å². The predicted octanol–water partition coefficient (Wildman–Crippen LogP) is 3.60. The molecule has 2 aromatic rings. The fraction of sp³-hybridized carbons (Fsp3) is 0.200. The minimum atomic E-state index is -0.538. The van der Waals surface area contributed by atoms with Gasteiger partial charge in [-0.15, -0.1) is 0 Å². The molecule has 0 saturated heterocycles. The Balaban J connectivity index is 2.30. The van der Waals surface area contributed by atoms with Crippen LogP contribution >= 0.6 is 9.03 Å². The highest BCUT2D eigenvalue weighted by atomic mass is 31.1. The van der Waals surface area contributed by atoms with E-state index in [1.54, 1.807) is 12.1 Å². The number of phenolic OH excluding ortho intramolecular Hbond substituents is 1. The van der Waals surface area contributed by atoms with Crippen molar-refractivity contribution in [3.05, 3.63) is 59.7 Å². The Morgan fingerprint density at radius 1 is 0.895 bits per heavy atom. The van der Waals surface area contributed by atoms with Crippen LogP contribution in [0, 0.1) is 0 Å². The lowest BCUT2D eigenvalue weighted by Gasteiger charge is -2.26. The van der Waals surface area contributed by atoms with Gasteiger partial charge in [0.05, 0.1) is 0 Å². The Kier molecular flexibility index (Phi) is 4.08. The summed E-state index contributed by atoms with van der Waals surface area (Å²) in [6.45, 7) is 4.26. The van der Waals surface area contributed by atoms with Crippen LogP contribution < -0.4 is 4.52 Å². The first-order valence-electron chi connectivity index (χ1n) is 6.00. The third kappa shape index (κ3) is 3.06. The Hall–Kier alpha value is -1.57. The van der Waals surface area contributed by atoms with Gasteiger partial charge < -0.3 is 14.5 Å². The maximum absolute atomic E-state index is 9.35. The largest absolute Gasteiger partial charge is 0.508 e. The van der Waals surface area contributed by atoms with E-state index in [1.165, 1.54) is 0 Å². The molecule has 0 aliphatic heterocycles. The van der Waals surface area contributed by atoms with Crippen molar-refractivity contribution in [3.63, 3.8) is 0 Å². The lowest BCUT2D eigenvalue weighted by atomic mass is 9.78. The van der Waals surface area contributed by atoms with Crippen LogP contribution in [-0.2, 0) is 5.41 Å². The maximum Gasteiger partial charge on any atom is 0.212 e. The Bertz CT molecular complexity index is 532. The molecular weight excluding hydrogens is 259 g/mol. The van der Waals surface area contributed by atoms with Crippen LogP contribution in [-0.4, -0.2) is 10.00 Å². The highest BCUT2D eigenvalue weighted by Crippen LogP contribution is 2.33. The van der Waals surface area contributed by atoms with Gasteiger partial charge in [0.2, 0.25) is 9.03 Å². The average Bonchev–Trinajstić information content (AvgIpc) is 2.40. The molecule has 4 heteroatoms. The highest BCUT2D eigenvalue weighted by molar-refractivity contribution is 7.25. The van der Waals surface area contributed by atoms with E-state index in [4.69, 9.17) is 9.42 Å². The second-order valence-electron chi connectivity index (χ2n) is 4.89. The molecule has 0 radical (unpaired) electrons. The van der Waals surface area contributed by atoms with Crippen molar-refractivity contribution >= 4 is 9.03 Å². The van der Waals surface area contributed by atoms with Gasteiger partial charge in [0, 0.05) is 5.41 Å². The predicted molar refractivity (Wildman–Crippen MR) is 77.8 cm³/mol. The third-order valence-corrected chi connectivity index (χ3v) is 3.66. The van der Waals surface area contributed by atoms with E-state index in [9.17, 15) is 5.11 Å².